The monoisotopic (exact) mass is 242 g/mol. The lowest BCUT2D eigenvalue weighted by molar-refractivity contribution is 0.871. The smallest absolute Gasteiger partial charge is 0.0127 e. The Balaban J connectivity index is 1.95. The van der Waals surface area contributed by atoms with Crippen LogP contribution in [0.5, 0.6) is 0 Å². The van der Waals surface area contributed by atoms with Crippen molar-refractivity contribution in [3.05, 3.63) is 45.6 Å². The van der Waals surface area contributed by atoms with Crippen molar-refractivity contribution in [2.75, 3.05) is 0 Å². The minimum atomic E-state index is 1.19. The maximum Gasteiger partial charge on any atom is -0.0127 e. The van der Waals surface area contributed by atoms with Crippen LogP contribution in [0.25, 0.3) is 0 Å². The van der Waals surface area contributed by atoms with Crippen LogP contribution < -0.4 is 0 Å². The molecule has 98 valence electrons. The fraction of sp³-hybridized carbons (Fsp3) is 0.556. The fourth-order valence-corrected chi connectivity index (χ4v) is 3.26. The molecule has 0 aromatic carbocycles. The minimum Gasteiger partial charge on any atom is -0.0770 e. The van der Waals surface area contributed by atoms with Crippen LogP contribution >= 0.6 is 0 Å². The molecular formula is C18H26. The van der Waals surface area contributed by atoms with Gasteiger partial charge in [-0.25, -0.2) is 0 Å². The van der Waals surface area contributed by atoms with Crippen LogP contribution in [0.2, 0.25) is 0 Å². The van der Waals surface area contributed by atoms with Crippen molar-refractivity contribution in [2.45, 2.75) is 66.2 Å². The first-order valence-corrected chi connectivity index (χ1v) is 7.43. The Labute approximate surface area is 112 Å². The van der Waals surface area contributed by atoms with Gasteiger partial charge in [-0.05, 0) is 74.7 Å². The Hall–Kier alpha value is -1.04. The van der Waals surface area contributed by atoms with Crippen LogP contribution in [0.3, 0.4) is 0 Å². The van der Waals surface area contributed by atoms with Gasteiger partial charge in [-0.3, -0.25) is 0 Å². The third-order valence-electron chi connectivity index (χ3n) is 4.70. The third kappa shape index (κ3) is 2.53. The highest BCUT2D eigenvalue weighted by Gasteiger charge is 2.15. The number of allylic oxidation sites excluding steroid dienone is 8. The van der Waals surface area contributed by atoms with Gasteiger partial charge in [0, 0.05) is 0 Å². The van der Waals surface area contributed by atoms with Gasteiger partial charge in [-0.1, -0.05) is 37.1 Å². The summed E-state index contributed by atoms with van der Waals surface area (Å²) >= 11 is 0. The maximum atomic E-state index is 2.43. The predicted octanol–water partition coefficient (Wildman–Crippen LogP) is 5.88. The van der Waals surface area contributed by atoms with Crippen LogP contribution in [0.1, 0.15) is 66.2 Å². The van der Waals surface area contributed by atoms with E-state index >= 15 is 0 Å². The van der Waals surface area contributed by atoms with Crippen molar-refractivity contribution in [2.24, 2.45) is 0 Å². The molecular weight excluding hydrogens is 216 g/mol. The Morgan fingerprint density at radius 2 is 1.17 bits per heavy atom. The third-order valence-corrected chi connectivity index (χ3v) is 4.70. The molecule has 0 aromatic rings. The van der Waals surface area contributed by atoms with Crippen molar-refractivity contribution in [3.8, 4) is 0 Å². The molecule has 0 N–H and O–H groups in total. The van der Waals surface area contributed by atoms with E-state index in [-0.39, 0.29) is 0 Å². The number of hydrogen-bond acceptors (Lipinski definition) is 0. The van der Waals surface area contributed by atoms with Gasteiger partial charge in [0.05, 0.1) is 0 Å². The van der Waals surface area contributed by atoms with E-state index in [9.17, 15) is 0 Å². The van der Waals surface area contributed by atoms with E-state index in [1.165, 1.54) is 38.5 Å². The lowest BCUT2D eigenvalue weighted by Gasteiger charge is -2.09. The lowest BCUT2D eigenvalue weighted by atomic mass is 9.97. The first-order chi connectivity index (χ1) is 8.67. The normalized spacial score (nSPS) is 19.8. The Kier molecular flexibility index (Phi) is 4.27. The largest absolute Gasteiger partial charge is 0.0770 e. The molecule has 0 saturated carbocycles. The second-order valence-electron chi connectivity index (χ2n) is 5.53. The van der Waals surface area contributed by atoms with Crippen molar-refractivity contribution in [1.82, 2.24) is 0 Å². The van der Waals surface area contributed by atoms with Crippen molar-refractivity contribution >= 4 is 0 Å². The zero-order valence-corrected chi connectivity index (χ0v) is 12.4. The molecule has 0 nitrogen and oxygen atoms in total. The molecule has 0 atom stereocenters. The summed E-state index contributed by atoms with van der Waals surface area (Å²) in [5, 5.41) is 0. The summed E-state index contributed by atoms with van der Waals surface area (Å²) in [4.78, 5) is 0. The Morgan fingerprint density at radius 1 is 0.778 bits per heavy atom. The van der Waals surface area contributed by atoms with Crippen LogP contribution in [-0.2, 0) is 0 Å². The van der Waals surface area contributed by atoms with Gasteiger partial charge in [0.1, 0.15) is 0 Å². The first-order valence-electron chi connectivity index (χ1n) is 7.43. The summed E-state index contributed by atoms with van der Waals surface area (Å²) < 4.78 is 0. The van der Waals surface area contributed by atoms with Crippen molar-refractivity contribution in [3.63, 3.8) is 0 Å². The summed E-state index contributed by atoms with van der Waals surface area (Å²) in [5.74, 6) is 0. The average molecular weight is 242 g/mol. The number of hydrogen-bond donors (Lipinski definition) is 0. The molecule has 2 aliphatic rings. The molecule has 0 amide bonds. The molecule has 0 bridgehead atoms. The van der Waals surface area contributed by atoms with Crippen molar-refractivity contribution < 1.29 is 0 Å². The highest BCUT2D eigenvalue weighted by Crippen LogP contribution is 2.35. The molecule has 0 heteroatoms. The highest BCUT2D eigenvalue weighted by atomic mass is 14.2. The van der Waals surface area contributed by atoms with Crippen LogP contribution in [0.15, 0.2) is 45.6 Å². The summed E-state index contributed by atoms with van der Waals surface area (Å²) in [7, 11) is 0. The van der Waals surface area contributed by atoms with Gasteiger partial charge < -0.3 is 0 Å². The van der Waals surface area contributed by atoms with Gasteiger partial charge in [-0.2, -0.15) is 0 Å². The van der Waals surface area contributed by atoms with Gasteiger partial charge in [0.2, 0.25) is 0 Å². The van der Waals surface area contributed by atoms with Crippen molar-refractivity contribution in [1.29, 1.82) is 0 Å². The first kappa shape index (κ1) is 13.4. The maximum absolute atomic E-state index is 2.43. The highest BCUT2D eigenvalue weighted by molar-refractivity contribution is 5.43. The zero-order chi connectivity index (χ0) is 13.1. The van der Waals surface area contributed by atoms with E-state index in [1.807, 2.05) is 0 Å². The molecule has 0 aromatic heterocycles. The lowest BCUT2D eigenvalue weighted by Crippen LogP contribution is -1.89. The number of rotatable bonds is 5. The molecule has 0 aliphatic heterocycles. The van der Waals surface area contributed by atoms with Gasteiger partial charge in [-0.15, -0.1) is 0 Å². The molecule has 0 radical (unpaired) electrons. The van der Waals surface area contributed by atoms with E-state index in [4.69, 9.17) is 0 Å². The molecule has 0 unspecified atom stereocenters. The summed E-state index contributed by atoms with van der Waals surface area (Å²) in [5.41, 5.74) is 9.67. The predicted molar refractivity (Wildman–Crippen MR) is 80.6 cm³/mol. The average Bonchev–Trinajstić information content (AvgIpc) is 2.90. The zero-order valence-electron chi connectivity index (χ0n) is 12.4. The molecule has 0 spiro atoms. The quantitative estimate of drug-likeness (QED) is 0.564. The summed E-state index contributed by atoms with van der Waals surface area (Å²) in [6.45, 7) is 9.14. The molecule has 0 heterocycles. The van der Waals surface area contributed by atoms with E-state index < -0.39 is 0 Å². The van der Waals surface area contributed by atoms with Crippen LogP contribution in [-0.4, -0.2) is 0 Å². The molecule has 18 heavy (non-hydrogen) atoms. The molecule has 2 aliphatic carbocycles. The van der Waals surface area contributed by atoms with Gasteiger partial charge in [0.25, 0.3) is 0 Å². The van der Waals surface area contributed by atoms with E-state index in [1.54, 1.807) is 33.4 Å². The SMILES string of the molecule is CCC1=CCC(CCC2=C(C)C(CC)=CC2)=C1C. The molecule has 0 fully saturated rings. The Bertz CT molecular complexity index is 408. The minimum absolute atomic E-state index is 1.19. The van der Waals surface area contributed by atoms with Crippen LogP contribution in [0.4, 0.5) is 0 Å². The molecule has 2 rings (SSSR count). The summed E-state index contributed by atoms with van der Waals surface area (Å²) in [6.07, 6.45) is 12.2. The second kappa shape index (κ2) is 5.73. The summed E-state index contributed by atoms with van der Waals surface area (Å²) in [6, 6.07) is 0. The van der Waals surface area contributed by atoms with E-state index in [2.05, 4.69) is 39.8 Å². The standard InChI is InChI=1S/C18H26/c1-5-15-7-9-17(13(15)3)11-12-18-10-8-16(6-2)14(18)4/h7-8H,5-6,9-12H2,1-4H3. The fourth-order valence-electron chi connectivity index (χ4n) is 3.26. The second-order valence-corrected chi connectivity index (χ2v) is 5.53. The van der Waals surface area contributed by atoms with Gasteiger partial charge in [0.15, 0.2) is 0 Å². The van der Waals surface area contributed by atoms with Gasteiger partial charge >= 0.3 is 0 Å². The van der Waals surface area contributed by atoms with Crippen LogP contribution in [0, 0.1) is 0 Å². The topological polar surface area (TPSA) is 0 Å². The molecule has 0 saturated heterocycles. The van der Waals surface area contributed by atoms with E-state index in [0.717, 1.165) is 0 Å². The van der Waals surface area contributed by atoms with E-state index in [0.29, 0.717) is 0 Å². The Morgan fingerprint density at radius 3 is 1.44 bits per heavy atom.